The molecule has 4 nitrogen and oxygen atoms in total. The molecule has 0 atom stereocenters. The number of rotatable bonds is 1. The number of alkyl halides is 3. The van der Waals surface area contributed by atoms with Crippen LogP contribution in [0.15, 0.2) is 17.1 Å². The van der Waals surface area contributed by atoms with Crippen LogP contribution in [0.25, 0.3) is 5.65 Å². The molecule has 0 amide bonds. The third-order valence-corrected chi connectivity index (χ3v) is 2.22. The highest BCUT2D eigenvalue weighted by molar-refractivity contribution is 5.38. The van der Waals surface area contributed by atoms with Gasteiger partial charge < -0.3 is 0 Å². The van der Waals surface area contributed by atoms with Gasteiger partial charge in [-0.1, -0.05) is 0 Å². The van der Waals surface area contributed by atoms with Gasteiger partial charge in [0.25, 0.3) is 5.56 Å². The van der Waals surface area contributed by atoms with E-state index in [0.717, 1.165) is 4.52 Å². The lowest BCUT2D eigenvalue weighted by molar-refractivity contribution is -0.127. The molecule has 0 unspecified atom stereocenters. The number of aromatic nitrogens is 3. The molecule has 0 fully saturated rings. The molecule has 0 bridgehead atoms. The van der Waals surface area contributed by atoms with Crippen LogP contribution in [0.4, 0.5) is 13.2 Å². The van der Waals surface area contributed by atoms with Crippen LogP contribution in [-0.4, -0.2) is 20.8 Å². The van der Waals surface area contributed by atoms with E-state index in [1.807, 2.05) is 0 Å². The first-order chi connectivity index (χ1) is 7.38. The summed E-state index contributed by atoms with van der Waals surface area (Å²) in [5, 5.41) is 2.52. The van der Waals surface area contributed by atoms with E-state index in [1.54, 1.807) is 0 Å². The third-order valence-electron chi connectivity index (χ3n) is 2.22. The number of H-pyrrole nitrogens is 1. The molecule has 0 aliphatic heterocycles. The molecule has 0 spiro atoms. The number of fused-ring (bicyclic) bond motifs is 1. The highest BCUT2D eigenvalue weighted by Crippen LogP contribution is 2.20. The second-order valence-corrected chi connectivity index (χ2v) is 3.43. The summed E-state index contributed by atoms with van der Waals surface area (Å²) in [6.45, 7) is 1.40. The quantitative estimate of drug-likeness (QED) is 0.807. The molecule has 2 aromatic rings. The lowest BCUT2D eigenvalue weighted by atomic mass is 10.1. The predicted molar refractivity (Wildman–Crippen MR) is 50.3 cm³/mol. The van der Waals surface area contributed by atoms with Gasteiger partial charge in [-0.2, -0.15) is 13.2 Å². The monoisotopic (exact) mass is 231 g/mol. The fraction of sp³-hybridized carbons (Fsp3) is 0.333. The van der Waals surface area contributed by atoms with Gasteiger partial charge in [-0.3, -0.25) is 9.89 Å². The zero-order chi connectivity index (χ0) is 11.9. The van der Waals surface area contributed by atoms with Gasteiger partial charge in [-0.15, -0.1) is 0 Å². The molecule has 86 valence electrons. The van der Waals surface area contributed by atoms with E-state index >= 15 is 0 Å². The highest BCUT2D eigenvalue weighted by atomic mass is 19.4. The van der Waals surface area contributed by atoms with Gasteiger partial charge in [0.2, 0.25) is 0 Å². The summed E-state index contributed by atoms with van der Waals surface area (Å²) in [6, 6.07) is 1.52. The number of halogens is 3. The minimum Gasteiger partial charge on any atom is -0.297 e. The number of aryl methyl sites for hydroxylation is 1. The van der Waals surface area contributed by atoms with E-state index in [1.165, 1.54) is 19.2 Å². The SMILES string of the molecule is Cc1nc2cc[nH]n2c(=O)c1CC(F)(F)F. The first-order valence-electron chi connectivity index (χ1n) is 4.51. The minimum absolute atomic E-state index is 0.113. The van der Waals surface area contributed by atoms with Crippen molar-refractivity contribution in [2.45, 2.75) is 19.5 Å². The summed E-state index contributed by atoms with van der Waals surface area (Å²) >= 11 is 0. The average molecular weight is 231 g/mol. The molecule has 0 saturated carbocycles. The molecule has 7 heteroatoms. The van der Waals surface area contributed by atoms with Crippen LogP contribution in [0.2, 0.25) is 0 Å². The molecule has 1 N–H and O–H groups in total. The van der Waals surface area contributed by atoms with Crippen LogP contribution in [-0.2, 0) is 6.42 Å². The zero-order valence-corrected chi connectivity index (χ0v) is 8.30. The maximum Gasteiger partial charge on any atom is 0.393 e. The van der Waals surface area contributed by atoms with Crippen LogP contribution in [0.1, 0.15) is 11.3 Å². The van der Waals surface area contributed by atoms with Gasteiger partial charge in [0.1, 0.15) is 0 Å². The van der Waals surface area contributed by atoms with Crippen molar-refractivity contribution in [1.29, 1.82) is 0 Å². The first kappa shape index (κ1) is 10.7. The van der Waals surface area contributed by atoms with Gasteiger partial charge in [-0.05, 0) is 6.92 Å². The molecule has 2 rings (SSSR count). The van der Waals surface area contributed by atoms with Crippen LogP contribution < -0.4 is 5.56 Å². The molecule has 2 aromatic heterocycles. The minimum atomic E-state index is -4.41. The topological polar surface area (TPSA) is 50.2 Å². The summed E-state index contributed by atoms with van der Waals surface area (Å²) < 4.78 is 37.7. The van der Waals surface area contributed by atoms with Gasteiger partial charge in [0, 0.05) is 23.5 Å². The predicted octanol–water partition coefficient (Wildman–Crippen LogP) is 1.44. The Hall–Kier alpha value is -1.79. The summed E-state index contributed by atoms with van der Waals surface area (Å²) in [5.41, 5.74) is -0.604. The van der Waals surface area contributed by atoms with Crippen molar-refractivity contribution in [2.75, 3.05) is 0 Å². The van der Waals surface area contributed by atoms with Crippen LogP contribution in [0.5, 0.6) is 0 Å². The molecule has 16 heavy (non-hydrogen) atoms. The van der Waals surface area contributed by atoms with Crippen molar-refractivity contribution < 1.29 is 13.2 Å². The fourth-order valence-electron chi connectivity index (χ4n) is 1.51. The molecular formula is C9H8F3N3O. The normalized spacial score (nSPS) is 12.2. The second-order valence-electron chi connectivity index (χ2n) is 3.43. The van der Waals surface area contributed by atoms with Crippen molar-refractivity contribution in [1.82, 2.24) is 14.6 Å². The number of hydrogen-bond acceptors (Lipinski definition) is 2. The van der Waals surface area contributed by atoms with Crippen molar-refractivity contribution >= 4 is 5.65 Å². The molecule has 0 saturated heterocycles. The van der Waals surface area contributed by atoms with Gasteiger partial charge in [0.15, 0.2) is 5.65 Å². The Labute approximate surface area is 87.7 Å². The van der Waals surface area contributed by atoms with E-state index in [9.17, 15) is 18.0 Å². The standard InChI is InChI=1S/C9H8F3N3O/c1-5-6(4-9(10,11)12)8(16)15-7(14-5)2-3-13-15/h2-3,13H,4H2,1H3. The maximum atomic E-state index is 12.2. The lowest BCUT2D eigenvalue weighted by Gasteiger charge is -2.08. The Kier molecular flexibility index (Phi) is 2.25. The first-order valence-corrected chi connectivity index (χ1v) is 4.51. The molecule has 2 heterocycles. The molecule has 0 aliphatic rings. The van der Waals surface area contributed by atoms with E-state index in [-0.39, 0.29) is 11.3 Å². The van der Waals surface area contributed by atoms with Crippen molar-refractivity contribution in [3.8, 4) is 0 Å². The molecule has 0 aliphatic carbocycles. The number of hydrogen-bond donors (Lipinski definition) is 1. The third kappa shape index (κ3) is 1.80. The van der Waals surface area contributed by atoms with E-state index in [2.05, 4.69) is 10.1 Å². The van der Waals surface area contributed by atoms with Crippen LogP contribution in [0.3, 0.4) is 0 Å². The molecule has 0 aromatic carbocycles. The number of aromatic amines is 1. The molecular weight excluding hydrogens is 223 g/mol. The summed E-state index contributed by atoms with van der Waals surface area (Å²) in [5.74, 6) is 0. The summed E-state index contributed by atoms with van der Waals surface area (Å²) in [6.07, 6.45) is -4.22. The van der Waals surface area contributed by atoms with Crippen LogP contribution in [0, 0.1) is 6.92 Å². The van der Waals surface area contributed by atoms with Crippen molar-refractivity contribution in [2.24, 2.45) is 0 Å². The lowest BCUT2D eigenvalue weighted by Crippen LogP contribution is -2.26. The fourth-order valence-corrected chi connectivity index (χ4v) is 1.51. The van der Waals surface area contributed by atoms with Crippen molar-refractivity contribution in [3.05, 3.63) is 33.9 Å². The summed E-state index contributed by atoms with van der Waals surface area (Å²) in [4.78, 5) is 15.6. The molecule has 0 radical (unpaired) electrons. The highest BCUT2D eigenvalue weighted by Gasteiger charge is 2.30. The Morgan fingerprint density at radius 3 is 2.81 bits per heavy atom. The second kappa shape index (κ2) is 3.36. The smallest absolute Gasteiger partial charge is 0.297 e. The number of nitrogens with zero attached hydrogens (tertiary/aromatic N) is 2. The Balaban J connectivity index is 2.65. The number of nitrogens with one attached hydrogen (secondary N) is 1. The average Bonchev–Trinajstić information content (AvgIpc) is 2.58. The largest absolute Gasteiger partial charge is 0.393 e. The Bertz CT molecular complexity index is 582. The summed E-state index contributed by atoms with van der Waals surface area (Å²) in [7, 11) is 0. The Morgan fingerprint density at radius 1 is 1.50 bits per heavy atom. The van der Waals surface area contributed by atoms with Crippen LogP contribution >= 0.6 is 0 Å². The van der Waals surface area contributed by atoms with E-state index in [4.69, 9.17) is 0 Å². The zero-order valence-electron chi connectivity index (χ0n) is 8.30. The van der Waals surface area contributed by atoms with Gasteiger partial charge in [-0.25, -0.2) is 9.50 Å². The van der Waals surface area contributed by atoms with E-state index in [0.29, 0.717) is 5.65 Å². The van der Waals surface area contributed by atoms with Gasteiger partial charge >= 0.3 is 6.18 Å². The van der Waals surface area contributed by atoms with E-state index < -0.39 is 18.2 Å². The Morgan fingerprint density at radius 2 is 2.19 bits per heavy atom. The van der Waals surface area contributed by atoms with Crippen molar-refractivity contribution in [3.63, 3.8) is 0 Å². The van der Waals surface area contributed by atoms with Gasteiger partial charge in [0.05, 0.1) is 6.42 Å². The maximum absolute atomic E-state index is 12.2.